The number of fused-ring (bicyclic) bond motifs is 5. The molecule has 8 aromatic rings. The summed E-state index contributed by atoms with van der Waals surface area (Å²) in [5, 5.41) is 4.76. The fourth-order valence-electron chi connectivity index (χ4n) is 5.57. The zero-order chi connectivity index (χ0) is 31.7. The Morgan fingerprint density at radius 1 is 0.636 bits per heavy atom. The van der Waals surface area contributed by atoms with Gasteiger partial charge in [-0.2, -0.15) is 0 Å². The van der Waals surface area contributed by atoms with Crippen LogP contribution in [0.2, 0.25) is 0 Å². The van der Waals surface area contributed by atoms with Gasteiger partial charge in [0.15, 0.2) is 0 Å². The average Bonchev–Trinajstić information content (AvgIpc) is 3.48. The molecule has 3 heterocycles. The molecule has 0 spiro atoms. The van der Waals surface area contributed by atoms with Gasteiger partial charge in [-0.25, -0.2) is 0 Å². The summed E-state index contributed by atoms with van der Waals surface area (Å²) in [5.74, 6) is 0. The molecule has 3 nitrogen and oxygen atoms in total. The number of aryl methyl sites for hydroxylation is 1. The van der Waals surface area contributed by atoms with Crippen molar-refractivity contribution in [1.29, 1.82) is 0 Å². The Balaban J connectivity index is 0.000000194. The van der Waals surface area contributed by atoms with E-state index in [1.54, 1.807) is 18.2 Å². The van der Waals surface area contributed by atoms with E-state index in [4.69, 9.17) is 8.53 Å². The maximum absolute atomic E-state index is 7.23. The predicted octanol–water partition coefficient (Wildman–Crippen LogP) is 10.4. The van der Waals surface area contributed by atoms with Crippen LogP contribution in [0.4, 0.5) is 0 Å². The van der Waals surface area contributed by atoms with Crippen LogP contribution in [-0.4, -0.2) is 9.97 Å². The van der Waals surface area contributed by atoms with Gasteiger partial charge in [-0.1, -0.05) is 79.2 Å². The fraction of sp³-hybridized carbons (Fsp3) is 0.0500. The van der Waals surface area contributed by atoms with Crippen molar-refractivity contribution in [3.05, 3.63) is 157 Å². The molecule has 0 aliphatic carbocycles. The van der Waals surface area contributed by atoms with Crippen molar-refractivity contribution in [3.63, 3.8) is 0 Å². The van der Waals surface area contributed by atoms with Gasteiger partial charge in [-0.15, -0.1) is 65.2 Å². The fourth-order valence-corrected chi connectivity index (χ4v) is 5.57. The summed E-state index contributed by atoms with van der Waals surface area (Å²) in [7, 11) is 0. The molecule has 1 radical (unpaired) electrons. The van der Waals surface area contributed by atoms with Crippen LogP contribution in [0.3, 0.4) is 0 Å². The summed E-state index contributed by atoms with van der Waals surface area (Å²) in [4.78, 5) is 8.66. The Labute approximate surface area is 274 Å². The van der Waals surface area contributed by atoms with Crippen molar-refractivity contribution in [3.8, 4) is 33.6 Å². The molecule has 44 heavy (non-hydrogen) atoms. The number of nitrogens with zero attached hydrogens (tertiary/aromatic N) is 2. The third-order valence-corrected chi connectivity index (χ3v) is 7.62. The minimum atomic E-state index is -2.09. The first-order valence-corrected chi connectivity index (χ1v) is 14.1. The maximum Gasteiger partial charge on any atom is 0.136 e. The van der Waals surface area contributed by atoms with Gasteiger partial charge in [0.1, 0.15) is 11.2 Å². The van der Waals surface area contributed by atoms with E-state index in [-0.39, 0.29) is 25.7 Å². The van der Waals surface area contributed by atoms with Gasteiger partial charge in [-0.05, 0) is 58.3 Å². The van der Waals surface area contributed by atoms with E-state index in [9.17, 15) is 0 Å². The number of aromatic nitrogens is 2. The summed E-state index contributed by atoms with van der Waals surface area (Å²) in [6, 6.07) is 46.3. The van der Waals surface area contributed by atoms with Crippen LogP contribution < -0.4 is 0 Å². The van der Waals surface area contributed by atoms with Crippen LogP contribution >= 0.6 is 0 Å². The molecule has 5 aromatic carbocycles. The molecule has 0 fully saturated rings. The van der Waals surface area contributed by atoms with Crippen LogP contribution in [0.1, 0.15) is 15.2 Å². The summed E-state index contributed by atoms with van der Waals surface area (Å²) in [6.45, 7) is 0.0619. The maximum atomic E-state index is 7.23. The number of benzene rings is 5. The number of para-hydroxylation sites is 1. The number of furan rings is 1. The van der Waals surface area contributed by atoms with Crippen molar-refractivity contribution in [2.75, 3.05) is 0 Å². The van der Waals surface area contributed by atoms with Crippen LogP contribution in [-0.2, 0) is 20.1 Å². The largest absolute Gasteiger partial charge is 0.456 e. The zero-order valence-corrected chi connectivity index (χ0v) is 26.2. The predicted molar refractivity (Wildman–Crippen MR) is 177 cm³/mol. The Hall–Kier alpha value is -4.89. The minimum Gasteiger partial charge on any atom is -0.456 e. The second kappa shape index (κ2) is 12.8. The van der Waals surface area contributed by atoms with Gasteiger partial charge < -0.3 is 14.4 Å². The number of hydrogen-bond acceptors (Lipinski definition) is 3. The molecule has 0 atom stereocenters. The van der Waals surface area contributed by atoms with Gasteiger partial charge in [0.25, 0.3) is 0 Å². The molecule has 8 rings (SSSR count). The third kappa shape index (κ3) is 5.58. The van der Waals surface area contributed by atoms with Crippen molar-refractivity contribution in [1.82, 2.24) is 9.97 Å². The number of rotatable bonds is 3. The van der Waals surface area contributed by atoms with E-state index < -0.39 is 6.85 Å². The summed E-state index contributed by atoms with van der Waals surface area (Å²) in [5.41, 5.74) is 9.28. The minimum absolute atomic E-state index is 0. The molecule has 0 aliphatic heterocycles. The molecule has 0 bridgehead atoms. The smallest absolute Gasteiger partial charge is 0.136 e. The van der Waals surface area contributed by atoms with Gasteiger partial charge in [0, 0.05) is 47.4 Å². The normalized spacial score (nSPS) is 12.1. The van der Waals surface area contributed by atoms with Crippen molar-refractivity contribution >= 4 is 32.7 Å². The van der Waals surface area contributed by atoms with E-state index in [0.717, 1.165) is 39.1 Å². The Bertz CT molecular complexity index is 2300. The molecule has 0 aliphatic rings. The number of hydrogen-bond donors (Lipinski definition) is 0. The van der Waals surface area contributed by atoms with Gasteiger partial charge in [-0.3, -0.25) is 0 Å². The molecule has 0 saturated carbocycles. The monoisotopic (exact) mass is 748 g/mol. The van der Waals surface area contributed by atoms with E-state index in [1.165, 1.54) is 39.0 Å². The van der Waals surface area contributed by atoms with E-state index in [1.807, 2.05) is 60.8 Å². The molecule has 0 amide bonds. The zero-order valence-electron chi connectivity index (χ0n) is 26.8. The molecule has 0 saturated heterocycles. The van der Waals surface area contributed by atoms with Crippen molar-refractivity contribution < 1.29 is 28.6 Å². The Kier molecular flexibility index (Phi) is 7.43. The molecule has 3 aromatic heterocycles. The van der Waals surface area contributed by atoms with Gasteiger partial charge in [0.05, 0.1) is 0 Å². The Morgan fingerprint density at radius 2 is 1.50 bits per heavy atom. The van der Waals surface area contributed by atoms with Crippen LogP contribution in [0, 0.1) is 25.9 Å². The topological polar surface area (TPSA) is 38.9 Å². The van der Waals surface area contributed by atoms with Gasteiger partial charge >= 0.3 is 0 Å². The summed E-state index contributed by atoms with van der Waals surface area (Å²) < 4.78 is 27.8. The standard InChI is InChI=1S/C28H18NO.C12H10N.Ir/c1-18-19(9-6-10-20(18)25-13-4-5-17-29-25)21-11-7-12-23-22(21)15-16-27-28(23)24-8-2-3-14-26(24)30-27;1-10-7-8-12(13-9-10)11-5-3-2-4-6-11;/h2-9,11-17H,1H3;2-5,7-9H,1H3;/q2*-1;/i;1D3;. The molecular formula is C40H28IrN2O-2. The summed E-state index contributed by atoms with van der Waals surface area (Å²) in [6.07, 6.45) is 3.22. The first-order valence-electron chi connectivity index (χ1n) is 15.6. The van der Waals surface area contributed by atoms with E-state index in [2.05, 4.69) is 77.6 Å². The first-order chi connectivity index (χ1) is 22.4. The molecule has 0 N–H and O–H groups in total. The molecular weight excluding hydrogens is 717 g/mol. The molecule has 4 heteroatoms. The quantitative estimate of drug-likeness (QED) is 0.169. The second-order valence-corrected chi connectivity index (χ2v) is 10.3. The van der Waals surface area contributed by atoms with Crippen LogP contribution in [0.25, 0.3) is 66.4 Å². The molecule has 215 valence electrons. The van der Waals surface area contributed by atoms with E-state index in [0.29, 0.717) is 0 Å². The van der Waals surface area contributed by atoms with Crippen molar-refractivity contribution in [2.45, 2.75) is 13.8 Å². The Morgan fingerprint density at radius 3 is 2.30 bits per heavy atom. The first kappa shape index (κ1) is 25.6. The summed E-state index contributed by atoms with van der Waals surface area (Å²) >= 11 is 0. The van der Waals surface area contributed by atoms with Crippen LogP contribution in [0.5, 0.6) is 0 Å². The second-order valence-electron chi connectivity index (χ2n) is 10.3. The van der Waals surface area contributed by atoms with E-state index >= 15 is 0 Å². The van der Waals surface area contributed by atoms with Gasteiger partial charge in [0.2, 0.25) is 0 Å². The van der Waals surface area contributed by atoms with Crippen molar-refractivity contribution in [2.24, 2.45) is 0 Å². The third-order valence-electron chi connectivity index (χ3n) is 7.62. The number of pyridine rings is 2. The average molecular weight is 748 g/mol. The van der Waals surface area contributed by atoms with Crippen LogP contribution in [0.15, 0.2) is 138 Å². The SMILES string of the molecule is Cc1c(-c2ccccn2)[c-]ccc1-c1cccc2c1ccc1oc3ccccc3c12.[2H]C([2H])([2H])c1ccc(-c2[c-]cccc2)nc1.[Ir]. The molecule has 0 unspecified atom stereocenters.